The van der Waals surface area contributed by atoms with E-state index >= 15 is 8.78 Å². The number of benzene rings is 2. The fraction of sp³-hybridized carbons (Fsp3) is 0.565. The number of ether oxygens (including phenoxy) is 2. The molecular weight excluding hydrogens is 827 g/mol. The molecule has 2 aliphatic carbocycles. The number of hydrogen-bond donors (Lipinski definition) is 3. The number of nitrogens with one attached hydrogen (secondary N) is 3. The van der Waals surface area contributed by atoms with Crippen LogP contribution < -0.4 is 45.0 Å². The van der Waals surface area contributed by atoms with Crippen LogP contribution in [0.1, 0.15) is 81.0 Å². The molecule has 3 N–H and O–H groups in total. The number of nitrogens with zero attached hydrogens (tertiary/aromatic N) is 7. The van der Waals surface area contributed by atoms with Crippen molar-refractivity contribution in [2.75, 3.05) is 92.0 Å². The lowest BCUT2D eigenvalue weighted by Gasteiger charge is -2.52. The fourth-order valence-electron chi connectivity index (χ4n) is 10.8. The van der Waals surface area contributed by atoms with Crippen LogP contribution in [0.2, 0.25) is 0 Å². The molecule has 16 nitrogen and oxygen atoms in total. The molecule has 6 aliphatic rings. The highest BCUT2D eigenvalue weighted by atomic mass is 19.3. The smallest absolute Gasteiger partial charge is 0.342 e. The van der Waals surface area contributed by atoms with Crippen molar-refractivity contribution in [2.45, 2.75) is 88.6 Å². The summed E-state index contributed by atoms with van der Waals surface area (Å²) in [6, 6.07) is 10.6. The van der Waals surface area contributed by atoms with E-state index in [4.69, 9.17) is 9.47 Å². The number of carbonyl (C=O) groups is 4. The Morgan fingerprint density at radius 3 is 2.34 bits per heavy atom. The van der Waals surface area contributed by atoms with Gasteiger partial charge >= 0.3 is 12.0 Å². The highest BCUT2D eigenvalue weighted by Crippen LogP contribution is 2.49. The van der Waals surface area contributed by atoms with Gasteiger partial charge in [-0.3, -0.25) is 24.6 Å². The zero-order chi connectivity index (χ0) is 44.8. The molecule has 342 valence electrons. The Labute approximate surface area is 372 Å². The average molecular weight is 885 g/mol. The highest BCUT2D eigenvalue weighted by molar-refractivity contribution is 6.06. The Balaban J connectivity index is 0.741. The maximum atomic E-state index is 15.1. The van der Waals surface area contributed by atoms with Gasteiger partial charge in [-0.1, -0.05) is 12.8 Å². The van der Waals surface area contributed by atoms with Crippen molar-refractivity contribution in [3.05, 3.63) is 48.2 Å². The number of alkyl halides is 2. The number of imide groups is 1. The van der Waals surface area contributed by atoms with Gasteiger partial charge in [-0.05, 0) is 106 Å². The van der Waals surface area contributed by atoms with Crippen molar-refractivity contribution in [3.8, 4) is 11.5 Å². The van der Waals surface area contributed by atoms with Gasteiger partial charge in [0, 0.05) is 69.0 Å². The fourth-order valence-corrected chi connectivity index (χ4v) is 10.8. The Morgan fingerprint density at radius 2 is 1.64 bits per heavy atom. The molecule has 3 saturated heterocycles. The number of urea groups is 1. The van der Waals surface area contributed by atoms with E-state index in [1.807, 2.05) is 18.2 Å². The SMILES string of the molecule is COc1cc(C(=O)NC2CC3(CCN(CC4CCN(c5ccc(N6CCC(=O)NC6=O)c(OC)c5)CC4)CC3)C2)ccc1Nc1ncc2c(n1)N(C1CCCC1)CC(F)(F)C(=O)N2C. The summed E-state index contributed by atoms with van der Waals surface area (Å²) >= 11 is 0. The highest BCUT2D eigenvalue weighted by Gasteiger charge is 2.49. The van der Waals surface area contributed by atoms with Gasteiger partial charge in [0.05, 0.1) is 38.3 Å². The molecule has 18 heteroatoms. The maximum Gasteiger partial charge on any atom is 0.342 e. The number of piperidine rings is 2. The lowest BCUT2D eigenvalue weighted by atomic mass is 9.60. The van der Waals surface area contributed by atoms with Gasteiger partial charge in [0.25, 0.3) is 11.8 Å². The number of amides is 5. The van der Waals surface area contributed by atoms with Crippen LogP contribution in [0, 0.1) is 11.3 Å². The third kappa shape index (κ3) is 8.72. The molecule has 64 heavy (non-hydrogen) atoms. The summed E-state index contributed by atoms with van der Waals surface area (Å²) in [6.45, 7) is 4.70. The molecule has 0 bridgehead atoms. The van der Waals surface area contributed by atoms with Gasteiger partial charge in [-0.2, -0.15) is 13.8 Å². The van der Waals surface area contributed by atoms with Crippen molar-refractivity contribution in [1.82, 2.24) is 25.5 Å². The number of methoxy groups -OCH3 is 2. The van der Waals surface area contributed by atoms with Gasteiger partial charge in [0.1, 0.15) is 17.2 Å². The van der Waals surface area contributed by atoms with Gasteiger partial charge in [-0.25, -0.2) is 9.78 Å². The van der Waals surface area contributed by atoms with E-state index < -0.39 is 24.4 Å². The molecule has 5 amide bonds. The molecule has 9 rings (SSSR count). The quantitative estimate of drug-likeness (QED) is 0.208. The number of carbonyl (C=O) groups excluding carboxylic acids is 4. The van der Waals surface area contributed by atoms with Gasteiger partial charge in [0.2, 0.25) is 11.9 Å². The molecule has 1 aromatic heterocycles. The molecule has 5 heterocycles. The minimum absolute atomic E-state index is 0.106. The van der Waals surface area contributed by atoms with E-state index in [0.717, 1.165) is 108 Å². The summed E-state index contributed by atoms with van der Waals surface area (Å²) in [5.41, 5.74) is 3.19. The Morgan fingerprint density at radius 1 is 0.906 bits per heavy atom. The van der Waals surface area contributed by atoms with Crippen molar-refractivity contribution in [1.29, 1.82) is 0 Å². The van der Waals surface area contributed by atoms with Crippen LogP contribution in [0.15, 0.2) is 42.6 Å². The molecule has 2 aromatic carbocycles. The maximum absolute atomic E-state index is 15.1. The van der Waals surface area contributed by atoms with Gasteiger partial charge in [0.15, 0.2) is 5.82 Å². The van der Waals surface area contributed by atoms with Gasteiger partial charge in [-0.15, -0.1) is 0 Å². The lowest BCUT2D eigenvalue weighted by Crippen LogP contribution is -2.55. The zero-order valence-corrected chi connectivity index (χ0v) is 36.8. The van der Waals surface area contributed by atoms with Crippen molar-refractivity contribution in [2.24, 2.45) is 11.3 Å². The molecule has 0 unspecified atom stereocenters. The van der Waals surface area contributed by atoms with Crippen LogP contribution in [0.5, 0.6) is 11.5 Å². The summed E-state index contributed by atoms with van der Waals surface area (Å²) in [5, 5.41) is 8.77. The predicted octanol–water partition coefficient (Wildman–Crippen LogP) is 5.94. The number of rotatable bonds is 11. The van der Waals surface area contributed by atoms with E-state index in [1.54, 1.807) is 35.1 Å². The molecular formula is C46H58F2N10O6. The van der Waals surface area contributed by atoms with Crippen molar-refractivity contribution in [3.63, 3.8) is 0 Å². The van der Waals surface area contributed by atoms with Crippen LogP contribution in [-0.2, 0) is 9.59 Å². The number of fused-ring (bicyclic) bond motifs is 1. The number of halogens is 2. The first-order valence-electron chi connectivity index (χ1n) is 22.6. The second kappa shape index (κ2) is 17.7. The number of hydrogen-bond acceptors (Lipinski definition) is 12. The molecule has 5 fully saturated rings. The Kier molecular flexibility index (Phi) is 12.0. The summed E-state index contributed by atoms with van der Waals surface area (Å²) in [6.07, 6.45) is 11.4. The van der Waals surface area contributed by atoms with Crippen LogP contribution in [0.4, 0.5) is 48.1 Å². The lowest BCUT2D eigenvalue weighted by molar-refractivity contribution is -0.140. The van der Waals surface area contributed by atoms with E-state index in [9.17, 15) is 19.2 Å². The monoisotopic (exact) mass is 884 g/mol. The first-order valence-corrected chi connectivity index (χ1v) is 22.6. The molecule has 1 spiro atoms. The second-order valence-corrected chi connectivity index (χ2v) is 18.5. The minimum atomic E-state index is -3.57. The summed E-state index contributed by atoms with van der Waals surface area (Å²) < 4.78 is 41.5. The minimum Gasteiger partial charge on any atom is -0.495 e. The molecule has 3 aromatic rings. The van der Waals surface area contributed by atoms with E-state index in [0.29, 0.717) is 40.9 Å². The first kappa shape index (κ1) is 43.5. The third-order valence-corrected chi connectivity index (χ3v) is 14.5. The van der Waals surface area contributed by atoms with E-state index in [2.05, 4.69) is 35.7 Å². The topological polar surface area (TPSA) is 165 Å². The molecule has 2 saturated carbocycles. The summed E-state index contributed by atoms with van der Waals surface area (Å²) in [7, 11) is 4.44. The normalized spacial score (nSPS) is 21.9. The Hall–Kier alpha value is -5.78. The number of aromatic nitrogens is 2. The largest absolute Gasteiger partial charge is 0.495 e. The predicted molar refractivity (Wildman–Crippen MR) is 238 cm³/mol. The summed E-state index contributed by atoms with van der Waals surface area (Å²) in [5.74, 6) is -3.20. The average Bonchev–Trinajstić information content (AvgIpc) is 3.81. The molecule has 0 radical (unpaired) electrons. The van der Waals surface area contributed by atoms with Crippen LogP contribution in [0.25, 0.3) is 0 Å². The van der Waals surface area contributed by atoms with Crippen LogP contribution in [-0.4, -0.2) is 124 Å². The Bertz CT molecular complexity index is 2270. The number of likely N-dealkylation sites (tertiary alicyclic amines) is 1. The van der Waals surface area contributed by atoms with Crippen LogP contribution in [0.3, 0.4) is 0 Å². The second-order valence-electron chi connectivity index (χ2n) is 18.5. The van der Waals surface area contributed by atoms with Crippen LogP contribution >= 0.6 is 0 Å². The standard InChI is InChI=1S/C46H58F2N10O6/c1-54-36-26-49-43(53-40(36)58(32-6-4-5-7-32)28-46(47,48)42(54)61)51-34-10-8-30(22-37(34)63-2)41(60)50-31-24-45(25-31)15-20-55(21-16-45)27-29-12-17-56(18-13-29)33-9-11-35(38(23-33)64-3)57-19-14-39(59)52-44(57)62/h8-11,22-23,26,29,31-32H,4-7,12-21,24-25,27-28H2,1-3H3,(H,50,60)(H,49,51,53)(H,52,59,62). The molecule has 0 atom stereocenters. The zero-order valence-electron chi connectivity index (χ0n) is 36.8. The van der Waals surface area contributed by atoms with Crippen molar-refractivity contribution >= 4 is 58.3 Å². The number of anilines is 6. The van der Waals surface area contributed by atoms with E-state index in [1.165, 1.54) is 20.4 Å². The first-order chi connectivity index (χ1) is 30.8. The van der Waals surface area contributed by atoms with E-state index in [-0.39, 0.29) is 53.2 Å². The third-order valence-electron chi connectivity index (χ3n) is 14.5. The van der Waals surface area contributed by atoms with Crippen molar-refractivity contribution < 1.29 is 37.4 Å². The molecule has 4 aliphatic heterocycles. The van der Waals surface area contributed by atoms with Gasteiger partial charge < -0.3 is 39.7 Å². The summed E-state index contributed by atoms with van der Waals surface area (Å²) in [4.78, 5) is 68.4.